The maximum absolute atomic E-state index is 11.2. The van der Waals surface area contributed by atoms with E-state index in [9.17, 15) is 19.2 Å². The van der Waals surface area contributed by atoms with Gasteiger partial charge in [-0.05, 0) is 150 Å². The van der Waals surface area contributed by atoms with Crippen LogP contribution in [0.4, 0.5) is 33.4 Å². The number of hydrogen-bond donors (Lipinski definition) is 0. The largest absolute Gasteiger partial charge is 0.429 e. The molecule has 0 saturated heterocycles. The van der Waals surface area contributed by atoms with Crippen LogP contribution >= 0.6 is 34.0 Å². The lowest BCUT2D eigenvalue weighted by Gasteiger charge is -2.25. The van der Waals surface area contributed by atoms with Crippen LogP contribution in [0.25, 0.3) is 86.6 Å². The Labute approximate surface area is 556 Å². The summed E-state index contributed by atoms with van der Waals surface area (Å²) in [5.41, 5.74) is 12.4. The number of hydrogen-bond acceptors (Lipinski definition) is 19. The van der Waals surface area contributed by atoms with E-state index in [0.29, 0.717) is 82.9 Å². The van der Waals surface area contributed by atoms with Crippen LogP contribution in [0.15, 0.2) is 280 Å². The molecule has 5 aromatic carbocycles. The van der Waals surface area contributed by atoms with Crippen LogP contribution in [-0.2, 0) is 19.2 Å². The molecule has 0 aliphatic carbocycles. The van der Waals surface area contributed by atoms with Gasteiger partial charge in [-0.15, -0.1) is 34.0 Å². The summed E-state index contributed by atoms with van der Waals surface area (Å²) < 4.78 is 20.3. The zero-order chi connectivity index (χ0) is 64.7. The monoisotopic (exact) mass is 1300 g/mol. The van der Waals surface area contributed by atoms with Crippen molar-refractivity contribution < 1.29 is 38.1 Å². The highest BCUT2D eigenvalue weighted by Gasteiger charge is 2.20. The molecule has 19 heteroatoms. The minimum absolute atomic E-state index is 0.278. The SMILES string of the molecule is O=COc1ccnc(-c2cc(OC=O)cc(-c3cc(-c4ccc(-c5ccc(N(c6ccccc6)c6ccccc6)cc5)s4)ccn3)n2)c1.O=COc1ccnc(-c2cc(OC=O)cc(-c3cc(-c4ccc(-c5ccc(N(c6ccccc6)c6ccccc6)s5)s4)ccn3)n2)c1. The number of anilines is 6. The van der Waals surface area contributed by atoms with Gasteiger partial charge in [0.05, 0.1) is 45.6 Å². The first-order valence-electron chi connectivity index (χ1n) is 29.4. The van der Waals surface area contributed by atoms with Crippen molar-refractivity contribution in [1.29, 1.82) is 0 Å². The molecule has 0 bridgehead atoms. The first-order chi connectivity index (χ1) is 46.9. The number of carbonyl (C=O) groups is 4. The molecule has 0 atom stereocenters. The standard InChI is InChI=1S/C39H26N4O4S.C37H24N4O4S2/c44-25-46-32-18-20-41-35(22-32)37-24-33(47-26-45)23-36(42-37)34-21-28(17-19-40-34)39-16-15-38(48-39)27-11-13-31(14-12-27)43(29-7-3-1-4-8-29)30-9-5-2-6-10-30;42-23-44-28-16-18-39-31(20-28)33-22-29(45-24-43)21-32(40-33)30-19-25(15-17-38-30)34-11-12-35(46-34)36-13-14-37(47-36)41(26-7-3-1-4-8-26)27-9-5-2-6-10-27/h1-26H;1-24H. The van der Waals surface area contributed by atoms with Gasteiger partial charge < -0.3 is 28.7 Å². The summed E-state index contributed by atoms with van der Waals surface area (Å²) in [6.45, 7) is 1.40. The molecule has 14 rings (SSSR count). The third-order valence-corrected chi connectivity index (χ3v) is 18.3. The maximum atomic E-state index is 11.2. The first-order valence-corrected chi connectivity index (χ1v) is 31.8. The van der Waals surface area contributed by atoms with Crippen molar-refractivity contribution in [3.63, 3.8) is 0 Å². The maximum Gasteiger partial charge on any atom is 0.298 e. The predicted molar refractivity (Wildman–Crippen MR) is 373 cm³/mol. The van der Waals surface area contributed by atoms with Gasteiger partial charge >= 0.3 is 0 Å². The highest BCUT2D eigenvalue weighted by atomic mass is 32.1. The summed E-state index contributed by atoms with van der Waals surface area (Å²) in [5, 5.41) is 1.12. The van der Waals surface area contributed by atoms with Crippen LogP contribution in [-0.4, -0.2) is 55.8 Å². The van der Waals surface area contributed by atoms with Crippen LogP contribution in [0.3, 0.4) is 0 Å². The van der Waals surface area contributed by atoms with Crippen LogP contribution < -0.4 is 28.7 Å². The second kappa shape index (κ2) is 29.2. The van der Waals surface area contributed by atoms with Crippen LogP contribution in [0.2, 0.25) is 0 Å². The van der Waals surface area contributed by atoms with E-state index >= 15 is 0 Å². The fourth-order valence-corrected chi connectivity index (χ4v) is 13.5. The molecule has 16 nitrogen and oxygen atoms in total. The van der Waals surface area contributed by atoms with Crippen molar-refractivity contribution in [2.24, 2.45) is 0 Å². The number of carbonyl (C=O) groups excluding carboxylic acids is 4. The molecular formula is C76H50N8O8S3. The smallest absolute Gasteiger partial charge is 0.298 e. The van der Waals surface area contributed by atoms with Gasteiger partial charge in [-0.25, -0.2) is 9.97 Å². The number of pyridine rings is 6. The Kier molecular flexibility index (Phi) is 18.9. The minimum Gasteiger partial charge on any atom is -0.429 e. The first kappa shape index (κ1) is 61.4. The number of rotatable bonds is 22. The fraction of sp³-hybridized carbons (Fsp3) is 0. The molecular weight excluding hydrogens is 1250 g/mol. The van der Waals surface area contributed by atoms with Gasteiger partial charge in [0.2, 0.25) is 0 Å². The number of nitrogens with zero attached hydrogens (tertiary/aromatic N) is 8. The van der Waals surface area contributed by atoms with E-state index in [0.717, 1.165) is 69.6 Å². The fourth-order valence-electron chi connectivity index (χ4n) is 10.4. The average molecular weight is 1300 g/mol. The van der Waals surface area contributed by atoms with Crippen molar-refractivity contribution >= 4 is 93.3 Å². The number of aromatic nitrogens is 6. The Bertz CT molecular complexity index is 4900. The molecule has 0 amide bonds. The lowest BCUT2D eigenvalue weighted by Crippen LogP contribution is -2.09. The molecule has 0 N–H and O–H groups in total. The van der Waals surface area contributed by atoms with E-state index in [1.54, 1.807) is 94.9 Å². The molecule has 460 valence electrons. The molecule has 0 aliphatic heterocycles. The Balaban J connectivity index is 0.000000172. The molecule has 0 fully saturated rings. The summed E-state index contributed by atoms with van der Waals surface area (Å²) >= 11 is 5.12. The van der Waals surface area contributed by atoms with Gasteiger partial charge in [0, 0.05) is 114 Å². The molecule has 14 aromatic rings. The van der Waals surface area contributed by atoms with E-state index < -0.39 is 0 Å². The molecule has 0 radical (unpaired) electrons. The number of thiophene rings is 3. The summed E-state index contributed by atoms with van der Waals surface area (Å²) in [6, 6.07) is 83.3. The molecule has 95 heavy (non-hydrogen) atoms. The number of benzene rings is 5. The third kappa shape index (κ3) is 14.5. The third-order valence-electron chi connectivity index (χ3n) is 14.7. The average Bonchev–Trinajstić information content (AvgIpc) is 2.14. The Morgan fingerprint density at radius 2 is 0.579 bits per heavy atom. The van der Waals surface area contributed by atoms with Crippen LogP contribution in [0, 0.1) is 0 Å². The van der Waals surface area contributed by atoms with E-state index in [1.807, 2.05) is 72.8 Å². The zero-order valence-electron chi connectivity index (χ0n) is 49.9. The van der Waals surface area contributed by atoms with E-state index in [1.165, 1.54) is 17.3 Å². The van der Waals surface area contributed by atoms with Gasteiger partial charge in [0.15, 0.2) is 0 Å². The van der Waals surface area contributed by atoms with Crippen LogP contribution in [0.1, 0.15) is 0 Å². The molecule has 0 aliphatic rings. The van der Waals surface area contributed by atoms with Crippen molar-refractivity contribution in [3.8, 4) is 110 Å². The Morgan fingerprint density at radius 1 is 0.263 bits per heavy atom. The van der Waals surface area contributed by atoms with Crippen molar-refractivity contribution in [2.75, 3.05) is 9.80 Å². The summed E-state index contributed by atoms with van der Waals surface area (Å²) in [7, 11) is 0. The zero-order valence-corrected chi connectivity index (χ0v) is 52.4. The predicted octanol–water partition coefficient (Wildman–Crippen LogP) is 18.3. The van der Waals surface area contributed by atoms with Crippen molar-refractivity contribution in [1.82, 2.24) is 29.9 Å². The van der Waals surface area contributed by atoms with E-state index in [2.05, 4.69) is 163 Å². The second-order valence-corrected chi connectivity index (χ2v) is 23.9. The minimum atomic E-state index is 0.278. The van der Waals surface area contributed by atoms with Crippen molar-refractivity contribution in [2.45, 2.75) is 0 Å². The highest BCUT2D eigenvalue weighted by Crippen LogP contribution is 2.45. The Hall–Kier alpha value is -12.4. The quantitative estimate of drug-likeness (QED) is 0.0582. The molecule has 0 unspecified atom stereocenters. The van der Waals surface area contributed by atoms with Crippen LogP contribution in [0.5, 0.6) is 23.0 Å². The summed E-state index contributed by atoms with van der Waals surface area (Å²) in [5.74, 6) is 1.19. The molecule has 9 heterocycles. The van der Waals surface area contributed by atoms with Gasteiger partial charge in [0.25, 0.3) is 25.9 Å². The van der Waals surface area contributed by atoms with E-state index in [-0.39, 0.29) is 11.5 Å². The summed E-state index contributed by atoms with van der Waals surface area (Å²) in [4.78, 5) is 81.5. The topological polar surface area (TPSA) is 189 Å². The number of para-hydroxylation sites is 4. The summed E-state index contributed by atoms with van der Waals surface area (Å²) in [6.07, 6.45) is 6.47. The second-order valence-electron chi connectivity index (χ2n) is 20.6. The Morgan fingerprint density at radius 3 is 1.00 bits per heavy atom. The molecule has 0 spiro atoms. The molecule has 9 aromatic heterocycles. The van der Waals surface area contributed by atoms with Crippen molar-refractivity contribution in [3.05, 3.63) is 280 Å². The number of ether oxygens (including phenoxy) is 4. The molecule has 0 saturated carbocycles. The van der Waals surface area contributed by atoms with Gasteiger partial charge in [-0.2, -0.15) is 0 Å². The van der Waals surface area contributed by atoms with E-state index in [4.69, 9.17) is 28.9 Å². The van der Waals surface area contributed by atoms with Gasteiger partial charge in [-0.3, -0.25) is 39.1 Å². The van der Waals surface area contributed by atoms with Gasteiger partial charge in [0.1, 0.15) is 28.0 Å². The lowest BCUT2D eigenvalue weighted by atomic mass is 10.1. The van der Waals surface area contributed by atoms with Gasteiger partial charge in [-0.1, -0.05) is 84.9 Å². The lowest BCUT2D eigenvalue weighted by molar-refractivity contribution is -0.121. The normalized spacial score (nSPS) is 10.7. The highest BCUT2D eigenvalue weighted by molar-refractivity contribution is 7.25.